The smallest absolute Gasteiger partial charge is 0.240 e. The summed E-state index contributed by atoms with van der Waals surface area (Å²) in [7, 11) is 0. The quantitative estimate of drug-likeness (QED) is 0.0286. The zero-order valence-electron chi connectivity index (χ0n) is 52.0. The molecule has 8 amide bonds. The van der Waals surface area contributed by atoms with Crippen molar-refractivity contribution in [2.45, 2.75) is 164 Å². The predicted octanol–water partition coefficient (Wildman–Crippen LogP) is -0.913. The highest BCUT2D eigenvalue weighted by Crippen LogP contribution is 2.17. The van der Waals surface area contributed by atoms with Crippen LogP contribution in [0.3, 0.4) is 0 Å². The van der Waals surface area contributed by atoms with Crippen molar-refractivity contribution in [2.75, 3.05) is 90.0 Å². The standard InChI is InChI=1S/C62H100N14O12S2/c63-59(87)49(35-89)73-53(81)13-7-3-1-5-11-51(79)47(33-43-19-23-45(77)24-20-43)71-55(83)15-9-17-57(85)75-61-37-65-27-30-68-40-62(41-69-31-28-66-38-61,42-70-32-29-67-39-61)76-58(86)18-10-16-56(84)72-48(34-44-21-25-46(78)26-22-44)52(80)12-6-2-4-8-14-54(82)74-50(36-90)60(64)88/h19-26,47-50,65-70,77-78,89-90H,1-18,27-42H2,(H2,63,87)(H2,64,88)(H,71,83)(H,72,84)(H,73,81)(H,74,82)(H,75,85)(H,76,86)/t47-,48-,49-,50-,61?,62?/m0/s1. The Morgan fingerprint density at radius 2 is 0.633 bits per heavy atom. The number of hydrogen-bond acceptors (Lipinski definition) is 20. The minimum atomic E-state index is -0.840. The van der Waals surface area contributed by atoms with Gasteiger partial charge in [0.1, 0.15) is 23.6 Å². The van der Waals surface area contributed by atoms with E-state index in [1.165, 1.54) is 24.3 Å². The Morgan fingerprint density at radius 3 is 0.911 bits per heavy atom. The Balaban J connectivity index is 1.25. The van der Waals surface area contributed by atoms with E-state index in [4.69, 9.17) is 11.5 Å². The molecule has 502 valence electrons. The molecule has 4 atom stereocenters. The minimum absolute atomic E-state index is 0.00740. The average Bonchev–Trinajstić information content (AvgIpc) is 3.67. The van der Waals surface area contributed by atoms with Crippen molar-refractivity contribution in [3.8, 4) is 11.5 Å². The van der Waals surface area contributed by atoms with E-state index in [-0.39, 0.29) is 147 Å². The third-order valence-corrected chi connectivity index (χ3v) is 16.4. The molecule has 0 spiro atoms. The molecule has 3 aliphatic heterocycles. The zero-order chi connectivity index (χ0) is 65.6. The van der Waals surface area contributed by atoms with Crippen LogP contribution >= 0.6 is 25.3 Å². The Hall–Kier alpha value is -6.40. The third kappa shape index (κ3) is 31.1. The molecule has 3 heterocycles. The lowest BCUT2D eigenvalue weighted by Gasteiger charge is -2.39. The summed E-state index contributed by atoms with van der Waals surface area (Å²) in [6.07, 6.45) is 6.72. The summed E-state index contributed by atoms with van der Waals surface area (Å²) in [6.45, 7) is 5.68. The summed E-state index contributed by atoms with van der Waals surface area (Å²) in [5.74, 6) is -3.08. The number of amides is 8. The Bertz CT molecular complexity index is 2370. The van der Waals surface area contributed by atoms with Crippen LogP contribution in [0.25, 0.3) is 0 Å². The van der Waals surface area contributed by atoms with Gasteiger partial charge in [-0.3, -0.25) is 47.9 Å². The molecule has 0 aliphatic carbocycles. The highest BCUT2D eigenvalue weighted by molar-refractivity contribution is 7.80. The lowest BCUT2D eigenvalue weighted by Crippen LogP contribution is -2.68. The highest BCUT2D eigenvalue weighted by atomic mass is 32.1. The summed E-state index contributed by atoms with van der Waals surface area (Å²) in [6, 6.07) is 9.52. The number of fused-ring (bicyclic) bond motifs is 15. The maximum Gasteiger partial charge on any atom is 0.240 e. The first kappa shape index (κ1) is 76.1. The molecule has 90 heavy (non-hydrogen) atoms. The molecule has 5 rings (SSSR count). The van der Waals surface area contributed by atoms with Gasteiger partial charge in [-0.2, -0.15) is 25.3 Å². The monoisotopic (exact) mass is 1300 g/mol. The molecule has 2 bridgehead atoms. The first-order valence-electron chi connectivity index (χ1n) is 31.7. The van der Waals surface area contributed by atoms with Crippen LogP contribution in [0.4, 0.5) is 0 Å². The highest BCUT2D eigenvalue weighted by Gasteiger charge is 2.35. The predicted molar refractivity (Wildman–Crippen MR) is 350 cm³/mol. The molecular weight excluding hydrogens is 1200 g/mol. The largest absolute Gasteiger partial charge is 0.508 e. The molecule has 26 nitrogen and oxygen atoms in total. The molecule has 3 saturated heterocycles. The van der Waals surface area contributed by atoms with Crippen LogP contribution in [0.15, 0.2) is 48.5 Å². The SMILES string of the molecule is NC(=O)[C@H](CS)NC(=O)CCCCCCC(=O)[C@H](Cc1ccc(O)cc1)NC(=O)CCCC(=O)NC12CNCCNCC(NC(=O)CCCC(=O)N[C@@H](Cc3ccc(O)cc3)C(=O)CCCCCCC(=O)N[C@@H](CS)C(N)=O)(CNCCNC1)CNCCNC2. The molecular formula is C62H100N14O12S2. The summed E-state index contributed by atoms with van der Waals surface area (Å²) in [4.78, 5) is 129. The fraction of sp³-hybridized carbons (Fsp3) is 0.645. The number of rotatable bonds is 38. The van der Waals surface area contributed by atoms with Crippen molar-refractivity contribution < 1.29 is 58.2 Å². The lowest BCUT2D eigenvalue weighted by molar-refractivity contribution is -0.128. The van der Waals surface area contributed by atoms with E-state index in [9.17, 15) is 58.2 Å². The molecule has 0 saturated carbocycles. The topological polar surface area (TPSA) is 408 Å². The van der Waals surface area contributed by atoms with Crippen molar-refractivity contribution in [1.82, 2.24) is 63.8 Å². The molecule has 28 heteroatoms. The van der Waals surface area contributed by atoms with E-state index in [0.717, 1.165) is 11.1 Å². The third-order valence-electron chi connectivity index (χ3n) is 15.7. The minimum Gasteiger partial charge on any atom is -0.508 e. The van der Waals surface area contributed by atoms with Gasteiger partial charge in [-0.05, 0) is 86.8 Å². The second-order valence-corrected chi connectivity index (χ2v) is 24.3. The Morgan fingerprint density at radius 1 is 0.378 bits per heavy atom. The number of primary amides is 2. The fourth-order valence-corrected chi connectivity index (χ4v) is 11.1. The molecule has 0 aromatic heterocycles. The second-order valence-electron chi connectivity index (χ2n) is 23.6. The number of thiol groups is 2. The van der Waals surface area contributed by atoms with Crippen molar-refractivity contribution in [1.29, 1.82) is 0 Å². The molecule has 0 radical (unpaired) electrons. The van der Waals surface area contributed by atoms with Gasteiger partial charge in [-0.25, -0.2) is 0 Å². The molecule has 18 N–H and O–H groups in total. The van der Waals surface area contributed by atoms with Crippen LogP contribution < -0.4 is 75.3 Å². The van der Waals surface area contributed by atoms with E-state index in [1.54, 1.807) is 24.3 Å². The van der Waals surface area contributed by atoms with E-state index in [1.807, 2.05) is 0 Å². The van der Waals surface area contributed by atoms with Gasteiger partial charge in [0.25, 0.3) is 0 Å². The summed E-state index contributed by atoms with van der Waals surface area (Å²) in [5.41, 5.74) is 10.6. The van der Waals surface area contributed by atoms with Gasteiger partial charge in [0.15, 0.2) is 11.6 Å². The Labute approximate surface area is 540 Å². The van der Waals surface area contributed by atoms with E-state index < -0.39 is 47.1 Å². The van der Waals surface area contributed by atoms with Crippen molar-refractivity contribution in [3.05, 3.63) is 59.7 Å². The van der Waals surface area contributed by atoms with E-state index in [2.05, 4.69) is 89.1 Å². The van der Waals surface area contributed by atoms with Gasteiger partial charge in [-0.1, -0.05) is 49.9 Å². The number of nitrogens with two attached hydrogens (primary N) is 2. The van der Waals surface area contributed by atoms with Gasteiger partial charge in [0, 0.05) is 141 Å². The number of hydrogen-bond donors (Lipinski definition) is 18. The first-order valence-corrected chi connectivity index (χ1v) is 32.9. The number of aromatic hydroxyl groups is 2. The van der Waals surface area contributed by atoms with Crippen LogP contribution in [0.1, 0.15) is 127 Å². The van der Waals surface area contributed by atoms with Crippen LogP contribution in [-0.4, -0.2) is 194 Å². The number of carbonyl (C=O) groups is 10. The van der Waals surface area contributed by atoms with Gasteiger partial charge in [0.05, 0.1) is 23.2 Å². The van der Waals surface area contributed by atoms with E-state index >= 15 is 0 Å². The lowest BCUT2D eigenvalue weighted by atomic mass is 9.96. The normalized spacial score (nSPS) is 18.8. The van der Waals surface area contributed by atoms with Gasteiger partial charge in [0.2, 0.25) is 47.3 Å². The van der Waals surface area contributed by atoms with Crippen LogP contribution in [-0.2, 0) is 60.8 Å². The van der Waals surface area contributed by atoms with Crippen LogP contribution in [0.5, 0.6) is 11.5 Å². The van der Waals surface area contributed by atoms with Crippen molar-refractivity contribution in [2.24, 2.45) is 11.5 Å². The van der Waals surface area contributed by atoms with Crippen LogP contribution in [0, 0.1) is 0 Å². The number of unbranched alkanes of at least 4 members (excludes halogenated alkanes) is 6. The summed E-state index contributed by atoms with van der Waals surface area (Å²) < 4.78 is 0. The molecule has 3 fully saturated rings. The van der Waals surface area contributed by atoms with Gasteiger partial charge < -0.3 is 85.5 Å². The van der Waals surface area contributed by atoms with Crippen LogP contribution in [0.2, 0.25) is 0 Å². The maximum atomic E-state index is 13.8. The number of phenols is 2. The number of nitrogens with one attached hydrogen (secondary N) is 12. The molecule has 2 aromatic carbocycles. The molecule has 0 unspecified atom stereocenters. The summed E-state index contributed by atoms with van der Waals surface area (Å²) >= 11 is 8.09. The van der Waals surface area contributed by atoms with Gasteiger partial charge in [-0.15, -0.1) is 0 Å². The molecule has 3 aliphatic rings. The Kier molecular flexibility index (Phi) is 36.0. The number of phenolic OH excluding ortho intramolecular Hbond substituents is 2. The van der Waals surface area contributed by atoms with Crippen molar-refractivity contribution in [3.63, 3.8) is 0 Å². The average molecular weight is 1300 g/mol. The maximum absolute atomic E-state index is 13.8. The number of Topliss-reactive ketones (excluding diaryl/α,β-unsaturated/α-hetero) is 2. The number of benzene rings is 2. The summed E-state index contributed by atoms with van der Waals surface area (Å²) in [5, 5.41) is 58.2. The fourth-order valence-electron chi connectivity index (χ4n) is 10.6. The zero-order valence-corrected chi connectivity index (χ0v) is 53.8. The number of carbonyl (C=O) groups excluding carboxylic acids is 10. The number of ketones is 2. The van der Waals surface area contributed by atoms with E-state index in [0.29, 0.717) is 130 Å². The second kappa shape index (κ2) is 42.6. The molecule has 2 aromatic rings. The van der Waals surface area contributed by atoms with Crippen molar-refractivity contribution >= 4 is 84.1 Å². The first-order chi connectivity index (χ1) is 43.2. The van der Waals surface area contributed by atoms with Gasteiger partial charge >= 0.3 is 0 Å².